The van der Waals surface area contributed by atoms with Crippen molar-refractivity contribution in [3.63, 3.8) is 0 Å². The average Bonchev–Trinajstić information content (AvgIpc) is 2.57. The molecule has 0 aliphatic rings. The lowest BCUT2D eigenvalue weighted by Gasteiger charge is -2.23. The van der Waals surface area contributed by atoms with Gasteiger partial charge < -0.3 is 9.26 Å². The molecule has 8 heteroatoms. The van der Waals surface area contributed by atoms with Gasteiger partial charge in [0.2, 0.25) is 0 Å². The first-order valence-electron chi connectivity index (χ1n) is 8.22. The normalized spacial score (nSPS) is 14.5. The Balaban J connectivity index is 2.21. The summed E-state index contributed by atoms with van der Waals surface area (Å²) >= 11 is 0.963. The first-order valence-corrected chi connectivity index (χ1v) is 11.3. The monoisotopic (exact) mass is 394 g/mol. The Labute approximate surface area is 158 Å². The van der Waals surface area contributed by atoms with E-state index >= 15 is 0 Å². The number of nitrogens with zero attached hydrogens (tertiary/aromatic N) is 1. The quantitative estimate of drug-likeness (QED) is 0.518. The van der Waals surface area contributed by atoms with Gasteiger partial charge in [0.25, 0.3) is 0 Å². The Hall–Kier alpha value is -1.82. The van der Waals surface area contributed by atoms with Crippen LogP contribution >= 0.6 is 18.1 Å². The van der Waals surface area contributed by atoms with Crippen molar-refractivity contribution in [3.8, 4) is 5.75 Å². The van der Waals surface area contributed by atoms with Crippen molar-refractivity contribution in [1.29, 1.82) is 0 Å². The third-order valence-corrected chi connectivity index (χ3v) is 6.77. The molecule has 0 spiro atoms. The number of benzene rings is 1. The molecule has 1 N–H and O–H groups in total. The van der Waals surface area contributed by atoms with Crippen molar-refractivity contribution < 1.29 is 18.6 Å². The molecule has 0 radical (unpaired) electrons. The number of rotatable bonds is 8. The van der Waals surface area contributed by atoms with Crippen molar-refractivity contribution in [2.75, 3.05) is 0 Å². The predicted molar refractivity (Wildman–Crippen MR) is 103 cm³/mol. The minimum atomic E-state index is -3.53. The molecule has 0 unspecified atom stereocenters. The molecule has 1 heterocycles. The molecule has 2 atom stereocenters. The highest BCUT2D eigenvalue weighted by atomic mass is 32.7. The number of pyridine rings is 1. The van der Waals surface area contributed by atoms with Crippen LogP contribution in [0.5, 0.6) is 5.75 Å². The zero-order valence-corrected chi connectivity index (χ0v) is 16.9. The lowest BCUT2D eigenvalue weighted by Crippen LogP contribution is -2.35. The lowest BCUT2D eigenvalue weighted by molar-refractivity contribution is -0.148. The van der Waals surface area contributed by atoms with E-state index in [4.69, 9.17) is 9.26 Å². The van der Waals surface area contributed by atoms with E-state index < -0.39 is 18.7 Å². The number of aromatic nitrogens is 1. The number of para-hydroxylation sites is 1. The van der Waals surface area contributed by atoms with E-state index in [2.05, 4.69) is 10.1 Å². The largest absolute Gasteiger partial charge is 0.462 e. The Bertz CT molecular complexity index is 769. The summed E-state index contributed by atoms with van der Waals surface area (Å²) in [5.74, 6) is -0.0540. The van der Waals surface area contributed by atoms with Crippen molar-refractivity contribution in [2.45, 2.75) is 44.9 Å². The van der Waals surface area contributed by atoms with E-state index in [-0.39, 0.29) is 6.10 Å². The summed E-state index contributed by atoms with van der Waals surface area (Å²) in [6, 6.07) is 11.6. The summed E-state index contributed by atoms with van der Waals surface area (Å²) < 4.78 is 24.3. The standard InChI is InChI=1S/C18H23N2O4PS/c1-13(2)23-18(21)15(4)20-25(22,24-16-8-6-5-7-9-16)26-17-11-10-14(3)12-19-17/h5-13,15H,1-4H3,(H,20,22)/t15-,25-/m0/s1. The van der Waals surface area contributed by atoms with Gasteiger partial charge in [-0.15, -0.1) is 0 Å². The van der Waals surface area contributed by atoms with Crippen LogP contribution in [-0.2, 0) is 14.1 Å². The van der Waals surface area contributed by atoms with E-state index in [1.807, 2.05) is 19.1 Å². The summed E-state index contributed by atoms with van der Waals surface area (Å²) in [4.78, 5) is 16.4. The van der Waals surface area contributed by atoms with Gasteiger partial charge in [-0.1, -0.05) is 24.3 Å². The summed E-state index contributed by atoms with van der Waals surface area (Å²) in [5, 5.41) is 3.33. The van der Waals surface area contributed by atoms with Crippen LogP contribution in [0.25, 0.3) is 0 Å². The third-order valence-electron chi connectivity index (χ3n) is 3.12. The number of aryl methyl sites for hydroxylation is 1. The van der Waals surface area contributed by atoms with Gasteiger partial charge in [-0.3, -0.25) is 4.79 Å². The Kier molecular flexibility index (Phi) is 7.26. The van der Waals surface area contributed by atoms with Crippen LogP contribution in [0.1, 0.15) is 26.3 Å². The van der Waals surface area contributed by atoms with Crippen molar-refractivity contribution in [1.82, 2.24) is 10.1 Å². The van der Waals surface area contributed by atoms with E-state index in [0.29, 0.717) is 10.8 Å². The number of hydrogen-bond donors (Lipinski definition) is 1. The molecule has 0 amide bonds. The van der Waals surface area contributed by atoms with Gasteiger partial charge in [-0.25, -0.2) is 14.6 Å². The molecule has 1 aromatic carbocycles. The molecule has 0 aliphatic heterocycles. The molecule has 0 saturated carbocycles. The molecular weight excluding hydrogens is 371 g/mol. The minimum absolute atomic E-state index is 0.257. The Morgan fingerprint density at radius 3 is 2.42 bits per heavy atom. The van der Waals surface area contributed by atoms with Crippen LogP contribution in [0.3, 0.4) is 0 Å². The van der Waals surface area contributed by atoms with Crippen molar-refractivity contribution in [3.05, 3.63) is 54.2 Å². The van der Waals surface area contributed by atoms with Gasteiger partial charge >= 0.3 is 12.7 Å². The molecule has 1 aromatic heterocycles. The Morgan fingerprint density at radius 2 is 1.85 bits per heavy atom. The summed E-state index contributed by atoms with van der Waals surface area (Å²) in [7, 11) is 0. The molecule has 0 fully saturated rings. The van der Waals surface area contributed by atoms with E-state index in [1.165, 1.54) is 0 Å². The second-order valence-electron chi connectivity index (χ2n) is 6.00. The van der Waals surface area contributed by atoms with Crippen molar-refractivity contribution in [2.24, 2.45) is 0 Å². The lowest BCUT2D eigenvalue weighted by atomic mass is 10.3. The van der Waals surface area contributed by atoms with E-state index in [0.717, 1.165) is 16.9 Å². The maximum Gasteiger partial charge on any atom is 0.381 e. The van der Waals surface area contributed by atoms with Gasteiger partial charge in [0.1, 0.15) is 16.8 Å². The fourth-order valence-corrected chi connectivity index (χ4v) is 5.61. The van der Waals surface area contributed by atoms with Gasteiger partial charge in [0.05, 0.1) is 6.10 Å². The molecule has 0 saturated heterocycles. The van der Waals surface area contributed by atoms with E-state index in [1.54, 1.807) is 57.3 Å². The maximum absolute atomic E-state index is 13.4. The third kappa shape index (κ3) is 6.48. The molecule has 0 bridgehead atoms. The molecule has 140 valence electrons. The zero-order chi connectivity index (χ0) is 19.2. The van der Waals surface area contributed by atoms with Crippen LogP contribution in [0.2, 0.25) is 0 Å². The number of hydrogen-bond acceptors (Lipinski definition) is 6. The van der Waals surface area contributed by atoms with Crippen LogP contribution in [0, 0.1) is 6.92 Å². The number of carbonyl (C=O) groups is 1. The second kappa shape index (κ2) is 9.21. The zero-order valence-electron chi connectivity index (χ0n) is 15.2. The van der Waals surface area contributed by atoms with Gasteiger partial charge in [-0.05, 0) is 51.5 Å². The first-order chi connectivity index (χ1) is 12.3. The molecule has 6 nitrogen and oxygen atoms in total. The highest BCUT2D eigenvalue weighted by molar-refractivity contribution is 8.56. The molecule has 26 heavy (non-hydrogen) atoms. The van der Waals surface area contributed by atoms with E-state index in [9.17, 15) is 9.36 Å². The fourth-order valence-electron chi connectivity index (χ4n) is 1.95. The first kappa shape index (κ1) is 20.5. The van der Waals surface area contributed by atoms with Gasteiger partial charge in [-0.2, -0.15) is 0 Å². The fraction of sp³-hybridized carbons (Fsp3) is 0.333. The summed E-state index contributed by atoms with van der Waals surface area (Å²) in [6.07, 6.45) is 1.43. The number of nitrogens with one attached hydrogen (secondary N) is 1. The predicted octanol–water partition coefficient (Wildman–Crippen LogP) is 4.60. The van der Waals surface area contributed by atoms with Crippen LogP contribution in [0.4, 0.5) is 0 Å². The topological polar surface area (TPSA) is 77.5 Å². The number of ether oxygens (including phenoxy) is 1. The number of esters is 1. The number of carbonyl (C=O) groups excluding carboxylic acids is 1. The highest BCUT2D eigenvalue weighted by Crippen LogP contribution is 2.58. The summed E-state index contributed by atoms with van der Waals surface area (Å²) in [6.45, 7) is 3.50. The Morgan fingerprint density at radius 1 is 1.15 bits per heavy atom. The molecule has 2 rings (SSSR count). The molecule has 0 aliphatic carbocycles. The average molecular weight is 394 g/mol. The van der Waals surface area contributed by atoms with Crippen LogP contribution in [0.15, 0.2) is 53.7 Å². The minimum Gasteiger partial charge on any atom is -0.462 e. The SMILES string of the molecule is Cc1ccc(S[P@](=O)(N[C@@H](C)C(=O)OC(C)C)Oc2ccccc2)nc1. The van der Waals surface area contributed by atoms with Crippen LogP contribution in [-0.4, -0.2) is 23.1 Å². The summed E-state index contributed by atoms with van der Waals surface area (Å²) in [5.41, 5.74) is 0.995. The highest BCUT2D eigenvalue weighted by Gasteiger charge is 2.32. The second-order valence-corrected chi connectivity index (χ2v) is 10.0. The smallest absolute Gasteiger partial charge is 0.381 e. The van der Waals surface area contributed by atoms with Crippen molar-refractivity contribution >= 4 is 24.1 Å². The molecule has 2 aromatic rings. The van der Waals surface area contributed by atoms with Gasteiger partial charge in [0, 0.05) is 17.6 Å². The van der Waals surface area contributed by atoms with Crippen LogP contribution < -0.4 is 9.61 Å². The maximum atomic E-state index is 13.4. The van der Waals surface area contributed by atoms with Gasteiger partial charge in [0.15, 0.2) is 0 Å². The molecular formula is C18H23N2O4PS.